The third-order valence-electron chi connectivity index (χ3n) is 4.48. The molecule has 5 aromatic rings. The second-order valence-electron chi connectivity index (χ2n) is 6.09. The summed E-state index contributed by atoms with van der Waals surface area (Å²) in [5.41, 5.74) is 5.06. The summed E-state index contributed by atoms with van der Waals surface area (Å²) in [6.45, 7) is 0. The molecule has 0 saturated carbocycles. The smallest absolute Gasteiger partial charge is 0.153 e. The Bertz CT molecular complexity index is 1160. The van der Waals surface area contributed by atoms with E-state index >= 15 is 0 Å². The quantitative estimate of drug-likeness (QED) is 0.380. The van der Waals surface area contributed by atoms with Crippen molar-refractivity contribution in [3.63, 3.8) is 0 Å². The first-order chi connectivity index (χ1) is 12.4. The molecule has 0 atom stereocenters. The number of hydrogen-bond acceptors (Lipinski definition) is 2. The lowest BCUT2D eigenvalue weighted by atomic mass is 10.00. The minimum atomic E-state index is 0.795. The van der Waals surface area contributed by atoms with Crippen LogP contribution in [-0.2, 0) is 0 Å². The lowest BCUT2D eigenvalue weighted by molar-refractivity contribution is 0.629. The minimum Gasteiger partial charge on any atom is -0.454 e. The van der Waals surface area contributed by atoms with E-state index < -0.39 is 0 Å². The Morgan fingerprint density at radius 2 is 1.44 bits per heavy atom. The summed E-state index contributed by atoms with van der Waals surface area (Å²) in [5, 5.41) is 2.24. The van der Waals surface area contributed by atoms with Gasteiger partial charge in [-0.15, -0.1) is 0 Å². The van der Waals surface area contributed by atoms with E-state index in [0.717, 1.165) is 33.3 Å². The molecular formula is C23H15NO. The molecule has 0 amide bonds. The topological polar surface area (TPSA) is 26.0 Å². The molecule has 25 heavy (non-hydrogen) atoms. The normalized spacial score (nSPS) is 11.2. The van der Waals surface area contributed by atoms with E-state index in [1.165, 1.54) is 11.1 Å². The number of fused-ring (bicyclic) bond motifs is 2. The van der Waals surface area contributed by atoms with Crippen molar-refractivity contribution < 1.29 is 4.42 Å². The van der Waals surface area contributed by atoms with Crippen LogP contribution >= 0.6 is 0 Å². The summed E-state index contributed by atoms with van der Waals surface area (Å²) >= 11 is 0. The molecule has 0 bridgehead atoms. The molecule has 2 heterocycles. The summed E-state index contributed by atoms with van der Waals surface area (Å²) in [5.74, 6) is 0.795. The molecule has 5 rings (SSSR count). The van der Waals surface area contributed by atoms with Gasteiger partial charge in [0.05, 0.1) is 5.52 Å². The van der Waals surface area contributed by atoms with E-state index in [1.54, 1.807) is 0 Å². The van der Waals surface area contributed by atoms with Gasteiger partial charge in [-0.25, -0.2) is 4.98 Å². The van der Waals surface area contributed by atoms with Crippen LogP contribution in [0.15, 0.2) is 95.4 Å². The van der Waals surface area contributed by atoms with E-state index in [2.05, 4.69) is 54.6 Å². The number of hydrogen-bond donors (Lipinski definition) is 0. The van der Waals surface area contributed by atoms with Crippen molar-refractivity contribution in [3.05, 3.63) is 91.0 Å². The van der Waals surface area contributed by atoms with Gasteiger partial charge in [0.25, 0.3) is 0 Å². The van der Waals surface area contributed by atoms with Gasteiger partial charge in [0.15, 0.2) is 5.76 Å². The van der Waals surface area contributed by atoms with Crippen molar-refractivity contribution in [2.45, 2.75) is 0 Å². The van der Waals surface area contributed by atoms with Crippen LogP contribution in [0.25, 0.3) is 44.5 Å². The lowest BCUT2D eigenvalue weighted by Gasteiger charge is -2.09. The zero-order valence-corrected chi connectivity index (χ0v) is 13.5. The molecule has 0 aliphatic carbocycles. The zero-order chi connectivity index (χ0) is 16.6. The maximum absolute atomic E-state index is 6.03. The number of aromatic nitrogens is 1. The van der Waals surface area contributed by atoms with E-state index in [-0.39, 0.29) is 0 Å². The molecule has 0 radical (unpaired) electrons. The van der Waals surface area contributed by atoms with Gasteiger partial charge >= 0.3 is 0 Å². The van der Waals surface area contributed by atoms with Crippen LogP contribution in [0.4, 0.5) is 0 Å². The first kappa shape index (κ1) is 14.0. The van der Waals surface area contributed by atoms with Crippen molar-refractivity contribution in [3.8, 4) is 22.6 Å². The summed E-state index contributed by atoms with van der Waals surface area (Å²) in [6.07, 6.45) is 0. The second-order valence-corrected chi connectivity index (χ2v) is 6.09. The van der Waals surface area contributed by atoms with E-state index in [4.69, 9.17) is 9.40 Å². The Kier molecular flexibility index (Phi) is 3.14. The van der Waals surface area contributed by atoms with Crippen molar-refractivity contribution in [2.75, 3.05) is 0 Å². The molecular weight excluding hydrogens is 306 g/mol. The third-order valence-corrected chi connectivity index (χ3v) is 4.48. The predicted octanol–water partition coefficient (Wildman–Crippen LogP) is 6.32. The van der Waals surface area contributed by atoms with Crippen LogP contribution < -0.4 is 0 Å². The Hall–Kier alpha value is -3.39. The second kappa shape index (κ2) is 5.60. The Balaban J connectivity index is 1.79. The molecule has 0 unspecified atom stereocenters. The number of benzene rings is 3. The van der Waals surface area contributed by atoms with Crippen LogP contribution in [0.1, 0.15) is 0 Å². The highest BCUT2D eigenvalue weighted by Crippen LogP contribution is 2.33. The maximum Gasteiger partial charge on any atom is 0.153 e. The average molecular weight is 321 g/mol. The van der Waals surface area contributed by atoms with Gasteiger partial charge < -0.3 is 4.42 Å². The molecule has 118 valence electrons. The average Bonchev–Trinajstić information content (AvgIpc) is 3.12. The molecule has 0 N–H and O–H groups in total. The van der Waals surface area contributed by atoms with Crippen LogP contribution in [0.2, 0.25) is 0 Å². The first-order valence-corrected chi connectivity index (χ1v) is 8.33. The molecule has 2 nitrogen and oxygen atoms in total. The highest BCUT2D eigenvalue weighted by atomic mass is 16.3. The van der Waals surface area contributed by atoms with Crippen LogP contribution in [0.5, 0.6) is 0 Å². The van der Waals surface area contributed by atoms with Crippen molar-refractivity contribution in [2.24, 2.45) is 0 Å². The Morgan fingerprint density at radius 1 is 0.680 bits per heavy atom. The summed E-state index contributed by atoms with van der Waals surface area (Å²) in [7, 11) is 0. The molecule has 0 fully saturated rings. The molecule has 0 aliphatic rings. The highest BCUT2D eigenvalue weighted by Gasteiger charge is 2.12. The SMILES string of the molecule is c1ccc(-c2cc(-c3cc4ccccc4o3)nc3ccccc23)cc1. The molecule has 2 aromatic heterocycles. The minimum absolute atomic E-state index is 0.795. The fraction of sp³-hybridized carbons (Fsp3) is 0. The largest absolute Gasteiger partial charge is 0.454 e. The zero-order valence-electron chi connectivity index (χ0n) is 13.5. The van der Waals surface area contributed by atoms with E-state index in [9.17, 15) is 0 Å². The molecule has 2 heteroatoms. The molecule has 0 aliphatic heterocycles. The summed E-state index contributed by atoms with van der Waals surface area (Å²) in [6, 6.07) is 30.9. The Labute approximate surface area is 145 Å². The third kappa shape index (κ3) is 2.39. The number of pyridine rings is 1. The van der Waals surface area contributed by atoms with Gasteiger partial charge in [-0.1, -0.05) is 66.7 Å². The number of rotatable bonds is 2. The van der Waals surface area contributed by atoms with Gasteiger partial charge in [0.1, 0.15) is 11.3 Å². The van der Waals surface area contributed by atoms with Gasteiger partial charge in [0.2, 0.25) is 0 Å². The predicted molar refractivity (Wildman–Crippen MR) is 102 cm³/mol. The lowest BCUT2D eigenvalue weighted by Crippen LogP contribution is -1.88. The van der Waals surface area contributed by atoms with Gasteiger partial charge in [0, 0.05) is 10.8 Å². The van der Waals surface area contributed by atoms with Gasteiger partial charge in [-0.05, 0) is 35.4 Å². The summed E-state index contributed by atoms with van der Waals surface area (Å²) in [4.78, 5) is 4.83. The van der Waals surface area contributed by atoms with Crippen molar-refractivity contribution >= 4 is 21.9 Å². The van der Waals surface area contributed by atoms with Crippen LogP contribution in [-0.4, -0.2) is 4.98 Å². The van der Waals surface area contributed by atoms with Crippen molar-refractivity contribution in [1.29, 1.82) is 0 Å². The highest BCUT2D eigenvalue weighted by molar-refractivity contribution is 5.97. The van der Waals surface area contributed by atoms with Crippen molar-refractivity contribution in [1.82, 2.24) is 4.98 Å². The number of nitrogens with zero attached hydrogens (tertiary/aromatic N) is 1. The van der Waals surface area contributed by atoms with Crippen LogP contribution in [0, 0.1) is 0 Å². The van der Waals surface area contributed by atoms with E-state index in [0.29, 0.717) is 0 Å². The first-order valence-electron chi connectivity index (χ1n) is 8.33. The van der Waals surface area contributed by atoms with Crippen LogP contribution in [0.3, 0.4) is 0 Å². The molecule has 0 spiro atoms. The summed E-state index contributed by atoms with van der Waals surface area (Å²) < 4.78 is 6.03. The van der Waals surface area contributed by atoms with E-state index in [1.807, 2.05) is 36.4 Å². The number of furan rings is 1. The Morgan fingerprint density at radius 3 is 2.32 bits per heavy atom. The molecule has 3 aromatic carbocycles. The fourth-order valence-electron chi connectivity index (χ4n) is 3.27. The van der Waals surface area contributed by atoms with Gasteiger partial charge in [-0.2, -0.15) is 0 Å². The fourth-order valence-corrected chi connectivity index (χ4v) is 3.27. The molecule has 0 saturated heterocycles. The van der Waals surface area contributed by atoms with Gasteiger partial charge in [-0.3, -0.25) is 0 Å². The monoisotopic (exact) mass is 321 g/mol. The number of para-hydroxylation sites is 2. The maximum atomic E-state index is 6.03. The standard InChI is InChI=1S/C23H15NO/c1-2-8-16(9-3-1)19-15-21(24-20-12-6-5-11-18(19)20)23-14-17-10-4-7-13-22(17)25-23/h1-15H.